The highest BCUT2D eigenvalue weighted by Gasteiger charge is 2.29. The average Bonchev–Trinajstić information content (AvgIpc) is 2.67. The second-order valence-corrected chi connectivity index (χ2v) is 5.48. The molecule has 1 aromatic rings. The largest absolute Gasteiger partial charge is 0.372 e. The van der Waals surface area contributed by atoms with Gasteiger partial charge in [0.2, 0.25) is 0 Å². The molecular formula is C17H25N. The van der Waals surface area contributed by atoms with Gasteiger partial charge in [-0.1, -0.05) is 43.3 Å². The van der Waals surface area contributed by atoms with Crippen molar-refractivity contribution in [2.24, 2.45) is 5.92 Å². The molecule has 1 aliphatic heterocycles. The Bertz CT molecular complexity index is 393. The van der Waals surface area contributed by atoms with Crippen molar-refractivity contribution in [2.45, 2.75) is 46.1 Å². The summed E-state index contributed by atoms with van der Waals surface area (Å²) in [6, 6.07) is 11.5. The van der Waals surface area contributed by atoms with Crippen LogP contribution >= 0.6 is 0 Å². The summed E-state index contributed by atoms with van der Waals surface area (Å²) in [7, 11) is 0. The molecule has 18 heavy (non-hydrogen) atoms. The van der Waals surface area contributed by atoms with Gasteiger partial charge in [0.05, 0.1) is 0 Å². The van der Waals surface area contributed by atoms with E-state index in [-0.39, 0.29) is 0 Å². The molecule has 1 aromatic carbocycles. The maximum Gasteiger partial charge on any atom is 0.0287 e. The van der Waals surface area contributed by atoms with Crippen LogP contribution in [0.2, 0.25) is 0 Å². The van der Waals surface area contributed by atoms with Gasteiger partial charge in [-0.05, 0) is 44.6 Å². The van der Waals surface area contributed by atoms with Gasteiger partial charge in [0.25, 0.3) is 0 Å². The molecule has 98 valence electrons. The van der Waals surface area contributed by atoms with E-state index in [1.807, 2.05) is 0 Å². The maximum absolute atomic E-state index is 2.60. The van der Waals surface area contributed by atoms with E-state index in [0.717, 1.165) is 5.92 Å². The molecule has 0 amide bonds. The molecule has 2 rings (SSSR count). The fourth-order valence-electron chi connectivity index (χ4n) is 2.92. The minimum absolute atomic E-state index is 0.701. The standard InChI is InChI=1S/C17H25N/c1-4-17-13-14(2)15(3)18(17)12-8-11-16-9-6-5-7-10-16/h4-7,9-10,14-15H,8,11-13H2,1-3H3/b17-4+. The lowest BCUT2D eigenvalue weighted by molar-refractivity contribution is 0.275. The number of aryl methyl sites for hydroxylation is 1. The Hall–Kier alpha value is -1.24. The van der Waals surface area contributed by atoms with E-state index >= 15 is 0 Å². The van der Waals surface area contributed by atoms with E-state index in [0.29, 0.717) is 6.04 Å². The Kier molecular flexibility index (Phi) is 4.46. The molecular weight excluding hydrogens is 218 g/mol. The first-order valence-electron chi connectivity index (χ1n) is 7.18. The van der Waals surface area contributed by atoms with Gasteiger partial charge in [-0.3, -0.25) is 0 Å². The summed E-state index contributed by atoms with van der Waals surface area (Å²) in [5.41, 5.74) is 3.00. The smallest absolute Gasteiger partial charge is 0.0287 e. The van der Waals surface area contributed by atoms with Crippen LogP contribution in [0.1, 0.15) is 39.2 Å². The minimum Gasteiger partial charge on any atom is -0.372 e. The van der Waals surface area contributed by atoms with Crippen LogP contribution in [0.3, 0.4) is 0 Å². The number of allylic oxidation sites excluding steroid dienone is 2. The van der Waals surface area contributed by atoms with Gasteiger partial charge in [0.1, 0.15) is 0 Å². The Morgan fingerprint density at radius 3 is 2.61 bits per heavy atom. The Morgan fingerprint density at radius 2 is 1.94 bits per heavy atom. The fourth-order valence-corrected chi connectivity index (χ4v) is 2.92. The first kappa shape index (κ1) is 13.2. The molecule has 1 saturated heterocycles. The normalized spacial score (nSPS) is 25.9. The zero-order valence-corrected chi connectivity index (χ0v) is 11.9. The van der Waals surface area contributed by atoms with E-state index in [1.54, 1.807) is 5.70 Å². The highest BCUT2D eigenvalue weighted by molar-refractivity contribution is 5.15. The van der Waals surface area contributed by atoms with Crippen molar-refractivity contribution in [3.8, 4) is 0 Å². The van der Waals surface area contributed by atoms with Crippen LogP contribution in [0, 0.1) is 5.92 Å². The van der Waals surface area contributed by atoms with Gasteiger partial charge < -0.3 is 4.90 Å². The predicted molar refractivity (Wildman–Crippen MR) is 78.5 cm³/mol. The van der Waals surface area contributed by atoms with E-state index in [4.69, 9.17) is 0 Å². The van der Waals surface area contributed by atoms with Crippen LogP contribution < -0.4 is 0 Å². The van der Waals surface area contributed by atoms with Crippen LogP contribution in [0.5, 0.6) is 0 Å². The summed E-state index contributed by atoms with van der Waals surface area (Å²) in [4.78, 5) is 2.60. The van der Waals surface area contributed by atoms with Gasteiger partial charge in [-0.15, -0.1) is 0 Å². The minimum atomic E-state index is 0.701. The molecule has 0 aromatic heterocycles. The monoisotopic (exact) mass is 243 g/mol. The molecule has 1 nitrogen and oxygen atoms in total. The van der Waals surface area contributed by atoms with Gasteiger partial charge in [-0.2, -0.15) is 0 Å². The summed E-state index contributed by atoms with van der Waals surface area (Å²) in [6.07, 6.45) is 5.99. The third kappa shape index (κ3) is 2.95. The van der Waals surface area contributed by atoms with Crippen LogP contribution in [-0.4, -0.2) is 17.5 Å². The summed E-state index contributed by atoms with van der Waals surface area (Å²) in [6.45, 7) is 8.10. The highest BCUT2D eigenvalue weighted by Crippen LogP contribution is 2.32. The zero-order chi connectivity index (χ0) is 13.0. The lowest BCUT2D eigenvalue weighted by Crippen LogP contribution is -2.29. The summed E-state index contributed by atoms with van der Waals surface area (Å²) >= 11 is 0. The van der Waals surface area contributed by atoms with E-state index in [2.05, 4.69) is 62.1 Å². The van der Waals surface area contributed by atoms with Crippen LogP contribution in [0.25, 0.3) is 0 Å². The molecule has 1 heteroatoms. The van der Waals surface area contributed by atoms with Crippen LogP contribution in [0.15, 0.2) is 42.1 Å². The lowest BCUT2D eigenvalue weighted by Gasteiger charge is -2.26. The van der Waals surface area contributed by atoms with Crippen LogP contribution in [0.4, 0.5) is 0 Å². The van der Waals surface area contributed by atoms with Crippen molar-refractivity contribution in [3.63, 3.8) is 0 Å². The van der Waals surface area contributed by atoms with E-state index < -0.39 is 0 Å². The number of nitrogens with zero attached hydrogens (tertiary/aromatic N) is 1. The average molecular weight is 243 g/mol. The third-order valence-corrected chi connectivity index (χ3v) is 4.26. The number of benzene rings is 1. The van der Waals surface area contributed by atoms with Gasteiger partial charge in [-0.25, -0.2) is 0 Å². The van der Waals surface area contributed by atoms with Crippen molar-refractivity contribution < 1.29 is 0 Å². The van der Waals surface area contributed by atoms with Gasteiger partial charge in [0.15, 0.2) is 0 Å². The first-order valence-corrected chi connectivity index (χ1v) is 7.18. The van der Waals surface area contributed by atoms with E-state index in [1.165, 1.54) is 31.4 Å². The van der Waals surface area contributed by atoms with Gasteiger partial charge in [0, 0.05) is 18.3 Å². The molecule has 1 aliphatic rings. The number of hydrogen-bond donors (Lipinski definition) is 0. The highest BCUT2D eigenvalue weighted by atomic mass is 15.2. The topological polar surface area (TPSA) is 3.24 Å². The van der Waals surface area contributed by atoms with Crippen molar-refractivity contribution >= 4 is 0 Å². The first-order chi connectivity index (χ1) is 8.72. The molecule has 2 atom stereocenters. The Labute approximate surface area is 112 Å². The third-order valence-electron chi connectivity index (χ3n) is 4.26. The zero-order valence-electron chi connectivity index (χ0n) is 11.9. The summed E-state index contributed by atoms with van der Waals surface area (Å²) < 4.78 is 0. The van der Waals surface area contributed by atoms with Crippen molar-refractivity contribution in [3.05, 3.63) is 47.7 Å². The van der Waals surface area contributed by atoms with Crippen molar-refractivity contribution in [1.82, 2.24) is 4.90 Å². The van der Waals surface area contributed by atoms with E-state index in [9.17, 15) is 0 Å². The summed E-state index contributed by atoms with van der Waals surface area (Å²) in [5.74, 6) is 0.799. The summed E-state index contributed by atoms with van der Waals surface area (Å²) in [5, 5.41) is 0. The number of hydrogen-bond acceptors (Lipinski definition) is 1. The lowest BCUT2D eigenvalue weighted by atomic mass is 10.0. The quantitative estimate of drug-likeness (QED) is 0.764. The molecule has 0 aliphatic carbocycles. The van der Waals surface area contributed by atoms with Crippen molar-refractivity contribution in [1.29, 1.82) is 0 Å². The number of rotatable bonds is 4. The molecule has 0 saturated carbocycles. The predicted octanol–water partition coefficient (Wildman–Crippen LogP) is 4.25. The Morgan fingerprint density at radius 1 is 1.22 bits per heavy atom. The second-order valence-electron chi connectivity index (χ2n) is 5.48. The molecule has 0 bridgehead atoms. The maximum atomic E-state index is 2.60. The molecule has 1 fully saturated rings. The molecule has 1 heterocycles. The SMILES string of the molecule is C/C=C1\CC(C)C(C)N1CCCc1ccccc1. The fraction of sp³-hybridized carbons (Fsp3) is 0.529. The molecule has 0 N–H and O–H groups in total. The molecule has 0 radical (unpaired) electrons. The van der Waals surface area contributed by atoms with Gasteiger partial charge >= 0.3 is 0 Å². The molecule has 2 unspecified atom stereocenters. The molecule has 0 spiro atoms. The van der Waals surface area contributed by atoms with Crippen LogP contribution in [-0.2, 0) is 6.42 Å². The second kappa shape index (κ2) is 6.08. The number of likely N-dealkylation sites (tertiary alicyclic amines) is 1. The van der Waals surface area contributed by atoms with Crippen molar-refractivity contribution in [2.75, 3.05) is 6.54 Å². The Balaban J connectivity index is 1.86.